The number of aryl methyl sites for hydroxylation is 1. The number of non-ortho nitro benzene ring substituents is 1. The van der Waals surface area contributed by atoms with E-state index in [1.165, 1.54) is 53.4 Å². The van der Waals surface area contributed by atoms with Crippen molar-refractivity contribution < 1.29 is 24.7 Å². The SMILES string of the molecule is Cc1ccc(C(O)=C2C(=O)C(=O)N(c3ccc(O)cc3)[C@H]2c2ccc([N+](=O)[O-])cc2)cc1. The van der Waals surface area contributed by atoms with Crippen LogP contribution in [-0.4, -0.2) is 26.8 Å². The van der Waals surface area contributed by atoms with Gasteiger partial charge in [0.2, 0.25) is 0 Å². The van der Waals surface area contributed by atoms with Crippen LogP contribution in [0.2, 0.25) is 0 Å². The Balaban J connectivity index is 1.92. The first-order valence-electron chi connectivity index (χ1n) is 9.69. The normalized spacial score (nSPS) is 17.5. The molecular weight excluding hydrogens is 412 g/mol. The number of amides is 1. The van der Waals surface area contributed by atoms with Crippen molar-refractivity contribution in [3.05, 3.63) is 105 Å². The number of hydrogen-bond donors (Lipinski definition) is 2. The van der Waals surface area contributed by atoms with Crippen molar-refractivity contribution in [3.8, 4) is 5.75 Å². The molecule has 0 spiro atoms. The van der Waals surface area contributed by atoms with E-state index in [4.69, 9.17) is 0 Å². The summed E-state index contributed by atoms with van der Waals surface area (Å²) in [6, 6.07) is 17.0. The molecular formula is C24H18N2O6. The second-order valence-corrected chi connectivity index (χ2v) is 7.40. The Morgan fingerprint density at radius 1 is 0.938 bits per heavy atom. The number of carbonyl (C=O) groups excluding carboxylic acids is 2. The number of phenols is 1. The lowest BCUT2D eigenvalue weighted by Crippen LogP contribution is -2.29. The van der Waals surface area contributed by atoms with Gasteiger partial charge in [-0.3, -0.25) is 24.6 Å². The van der Waals surface area contributed by atoms with Crippen LogP contribution in [0, 0.1) is 17.0 Å². The Hall–Kier alpha value is -4.46. The van der Waals surface area contributed by atoms with E-state index in [0.717, 1.165) is 5.56 Å². The summed E-state index contributed by atoms with van der Waals surface area (Å²) in [5.74, 6) is -2.09. The largest absolute Gasteiger partial charge is 0.508 e. The number of anilines is 1. The van der Waals surface area contributed by atoms with Crippen molar-refractivity contribution in [2.45, 2.75) is 13.0 Å². The van der Waals surface area contributed by atoms with Crippen LogP contribution in [0.3, 0.4) is 0 Å². The lowest BCUT2D eigenvalue weighted by atomic mass is 9.94. The molecule has 0 radical (unpaired) electrons. The Labute approximate surface area is 182 Å². The number of nitro benzene ring substituents is 1. The van der Waals surface area contributed by atoms with Gasteiger partial charge >= 0.3 is 0 Å². The van der Waals surface area contributed by atoms with E-state index in [1.54, 1.807) is 24.3 Å². The molecule has 160 valence electrons. The second kappa shape index (κ2) is 7.99. The highest BCUT2D eigenvalue weighted by atomic mass is 16.6. The Morgan fingerprint density at radius 2 is 1.53 bits per heavy atom. The first-order valence-corrected chi connectivity index (χ1v) is 9.69. The van der Waals surface area contributed by atoms with Crippen molar-refractivity contribution >= 4 is 28.8 Å². The summed E-state index contributed by atoms with van der Waals surface area (Å²) >= 11 is 0. The summed E-state index contributed by atoms with van der Waals surface area (Å²) in [6.07, 6.45) is 0. The van der Waals surface area contributed by atoms with Gasteiger partial charge < -0.3 is 10.2 Å². The number of benzene rings is 3. The molecule has 8 nitrogen and oxygen atoms in total. The molecule has 4 rings (SSSR count). The van der Waals surface area contributed by atoms with Gasteiger partial charge in [0.25, 0.3) is 17.4 Å². The molecule has 0 aromatic heterocycles. The van der Waals surface area contributed by atoms with Gasteiger partial charge in [-0.2, -0.15) is 0 Å². The van der Waals surface area contributed by atoms with Crippen molar-refractivity contribution in [3.63, 3.8) is 0 Å². The highest BCUT2D eigenvalue weighted by Gasteiger charge is 2.47. The van der Waals surface area contributed by atoms with Gasteiger partial charge in [0, 0.05) is 23.4 Å². The van der Waals surface area contributed by atoms with Crippen LogP contribution >= 0.6 is 0 Å². The van der Waals surface area contributed by atoms with Gasteiger partial charge in [-0.05, 0) is 48.9 Å². The molecule has 1 saturated heterocycles. The van der Waals surface area contributed by atoms with Gasteiger partial charge in [-0.15, -0.1) is 0 Å². The summed E-state index contributed by atoms with van der Waals surface area (Å²) in [6.45, 7) is 1.88. The van der Waals surface area contributed by atoms with E-state index in [1.807, 2.05) is 6.92 Å². The van der Waals surface area contributed by atoms with Gasteiger partial charge in [0.15, 0.2) is 0 Å². The Kier molecular flexibility index (Phi) is 5.19. The molecule has 1 amide bonds. The monoisotopic (exact) mass is 430 g/mol. The molecule has 1 aliphatic heterocycles. The van der Waals surface area contributed by atoms with E-state index in [-0.39, 0.29) is 22.8 Å². The lowest BCUT2D eigenvalue weighted by molar-refractivity contribution is -0.384. The Bertz CT molecular complexity index is 1250. The molecule has 3 aromatic carbocycles. The fourth-order valence-corrected chi connectivity index (χ4v) is 3.67. The smallest absolute Gasteiger partial charge is 0.300 e. The number of nitrogens with zero attached hydrogens (tertiary/aromatic N) is 2. The third-order valence-electron chi connectivity index (χ3n) is 5.32. The van der Waals surface area contributed by atoms with Crippen LogP contribution in [0.4, 0.5) is 11.4 Å². The average molecular weight is 430 g/mol. The number of aliphatic hydroxyl groups excluding tert-OH is 1. The number of ketones is 1. The fourth-order valence-electron chi connectivity index (χ4n) is 3.67. The van der Waals surface area contributed by atoms with Crippen LogP contribution < -0.4 is 4.90 Å². The maximum Gasteiger partial charge on any atom is 0.300 e. The quantitative estimate of drug-likeness (QED) is 0.210. The number of rotatable bonds is 4. The van der Waals surface area contributed by atoms with E-state index in [0.29, 0.717) is 16.8 Å². The topological polar surface area (TPSA) is 121 Å². The van der Waals surface area contributed by atoms with Crippen molar-refractivity contribution in [1.29, 1.82) is 0 Å². The van der Waals surface area contributed by atoms with Crippen LogP contribution in [0.25, 0.3) is 5.76 Å². The highest BCUT2D eigenvalue weighted by molar-refractivity contribution is 6.51. The summed E-state index contributed by atoms with van der Waals surface area (Å²) in [7, 11) is 0. The van der Waals surface area contributed by atoms with Gasteiger partial charge in [0.1, 0.15) is 11.5 Å². The third-order valence-corrected chi connectivity index (χ3v) is 5.32. The van der Waals surface area contributed by atoms with Crippen molar-refractivity contribution in [2.24, 2.45) is 0 Å². The van der Waals surface area contributed by atoms with Crippen molar-refractivity contribution in [2.75, 3.05) is 4.90 Å². The fraction of sp³-hybridized carbons (Fsp3) is 0.0833. The zero-order chi connectivity index (χ0) is 23.0. The van der Waals surface area contributed by atoms with Gasteiger partial charge in [-0.25, -0.2) is 0 Å². The van der Waals surface area contributed by atoms with E-state index >= 15 is 0 Å². The van der Waals surface area contributed by atoms with E-state index < -0.39 is 22.7 Å². The summed E-state index contributed by atoms with van der Waals surface area (Å²) in [5, 5.41) is 31.7. The number of hydrogen-bond acceptors (Lipinski definition) is 6. The molecule has 1 atom stereocenters. The maximum absolute atomic E-state index is 13.0. The molecule has 1 aliphatic rings. The molecule has 0 aliphatic carbocycles. The number of phenolic OH excluding ortho intramolecular Hbond substituents is 1. The summed E-state index contributed by atoms with van der Waals surface area (Å²) in [4.78, 5) is 37.8. The minimum Gasteiger partial charge on any atom is -0.508 e. The van der Waals surface area contributed by atoms with Gasteiger partial charge in [-0.1, -0.05) is 29.8 Å². The summed E-state index contributed by atoms with van der Waals surface area (Å²) < 4.78 is 0. The first kappa shape index (κ1) is 20.8. The number of carbonyl (C=O) groups is 2. The number of aromatic hydroxyl groups is 1. The minimum atomic E-state index is -1.01. The zero-order valence-corrected chi connectivity index (χ0v) is 16.9. The second-order valence-electron chi connectivity index (χ2n) is 7.40. The molecule has 1 fully saturated rings. The Morgan fingerprint density at radius 3 is 2.09 bits per heavy atom. The molecule has 0 unspecified atom stereocenters. The predicted octanol–water partition coefficient (Wildman–Crippen LogP) is 4.24. The number of Topliss-reactive ketones (excluding diaryl/α,β-unsaturated/α-hetero) is 1. The van der Waals surface area contributed by atoms with Gasteiger partial charge in [0.05, 0.1) is 16.5 Å². The minimum absolute atomic E-state index is 0.0168. The maximum atomic E-state index is 13.0. The molecule has 0 bridgehead atoms. The number of nitro groups is 1. The molecule has 0 saturated carbocycles. The van der Waals surface area contributed by atoms with Crippen LogP contribution in [0.5, 0.6) is 5.75 Å². The lowest BCUT2D eigenvalue weighted by Gasteiger charge is -2.25. The standard InChI is InChI=1S/C24H18N2O6/c1-14-2-4-16(5-3-14)22(28)20-21(15-6-8-18(9-7-15)26(31)32)25(24(30)23(20)29)17-10-12-19(27)13-11-17/h2-13,21,27-28H,1H3/t21-/m0/s1. The highest BCUT2D eigenvalue weighted by Crippen LogP contribution is 2.42. The molecule has 2 N–H and O–H groups in total. The molecule has 1 heterocycles. The van der Waals surface area contributed by atoms with Crippen LogP contribution in [-0.2, 0) is 9.59 Å². The van der Waals surface area contributed by atoms with E-state index in [9.17, 15) is 29.9 Å². The molecule has 8 heteroatoms. The average Bonchev–Trinajstić information content (AvgIpc) is 3.05. The first-order chi connectivity index (χ1) is 15.3. The van der Waals surface area contributed by atoms with Crippen LogP contribution in [0.15, 0.2) is 78.4 Å². The zero-order valence-electron chi connectivity index (χ0n) is 16.9. The molecule has 32 heavy (non-hydrogen) atoms. The molecule has 3 aromatic rings. The summed E-state index contributed by atoms with van der Waals surface area (Å²) in [5.41, 5.74) is 1.80. The van der Waals surface area contributed by atoms with Crippen molar-refractivity contribution in [1.82, 2.24) is 0 Å². The van der Waals surface area contributed by atoms with Crippen LogP contribution in [0.1, 0.15) is 22.7 Å². The van der Waals surface area contributed by atoms with E-state index in [2.05, 4.69) is 0 Å². The number of aliphatic hydroxyl groups is 1. The third kappa shape index (κ3) is 3.58. The predicted molar refractivity (Wildman–Crippen MR) is 117 cm³/mol.